The number of rotatable bonds is 5. The number of hydrogen-bond acceptors (Lipinski definition) is 4. The molecule has 116 valence electrons. The van der Waals surface area contributed by atoms with Gasteiger partial charge in [-0.2, -0.15) is 0 Å². The summed E-state index contributed by atoms with van der Waals surface area (Å²) < 4.78 is 0. The minimum Gasteiger partial charge on any atom is -0.363 e. The highest BCUT2D eigenvalue weighted by Crippen LogP contribution is 2.22. The van der Waals surface area contributed by atoms with E-state index >= 15 is 0 Å². The molecule has 0 radical (unpaired) electrons. The van der Waals surface area contributed by atoms with Crippen molar-refractivity contribution in [2.24, 2.45) is 0 Å². The molecule has 0 aliphatic rings. The number of aromatic nitrogens is 2. The molecular formula is C19H20N4. The van der Waals surface area contributed by atoms with E-state index in [1.807, 2.05) is 42.5 Å². The fraction of sp³-hybridized carbons (Fsp3) is 0.158. The second kappa shape index (κ2) is 6.92. The summed E-state index contributed by atoms with van der Waals surface area (Å²) in [7, 11) is 0. The summed E-state index contributed by atoms with van der Waals surface area (Å²) in [5.41, 5.74) is 3.45. The van der Waals surface area contributed by atoms with Crippen molar-refractivity contribution in [3.8, 4) is 0 Å². The van der Waals surface area contributed by atoms with Gasteiger partial charge in [0.25, 0.3) is 0 Å². The molecule has 1 aromatic heterocycles. The van der Waals surface area contributed by atoms with Gasteiger partial charge in [-0.25, -0.2) is 9.97 Å². The molecule has 2 N–H and O–H groups in total. The van der Waals surface area contributed by atoms with Crippen LogP contribution < -0.4 is 10.6 Å². The first kappa shape index (κ1) is 15.0. The third-order valence-electron chi connectivity index (χ3n) is 3.74. The van der Waals surface area contributed by atoms with E-state index in [4.69, 9.17) is 0 Å². The average Bonchev–Trinajstić information content (AvgIpc) is 2.58. The standard InChI is InChI=1S/C19H20N4/c1-14-8-6-7-11-17(14)23-19-12-18(20-13-21-19)22-15(2)16-9-4-3-5-10-16/h3-13,15H,1-2H3,(H2,20,21,22,23). The van der Waals surface area contributed by atoms with Crippen molar-refractivity contribution >= 4 is 17.3 Å². The molecule has 0 saturated carbocycles. The molecule has 0 amide bonds. The lowest BCUT2D eigenvalue weighted by Crippen LogP contribution is -2.08. The maximum atomic E-state index is 4.31. The van der Waals surface area contributed by atoms with Gasteiger partial charge in [0.15, 0.2) is 0 Å². The van der Waals surface area contributed by atoms with Gasteiger partial charge in [-0.1, -0.05) is 48.5 Å². The molecule has 3 rings (SSSR count). The molecule has 23 heavy (non-hydrogen) atoms. The Balaban J connectivity index is 1.74. The van der Waals surface area contributed by atoms with Crippen LogP contribution in [0, 0.1) is 6.92 Å². The van der Waals surface area contributed by atoms with Crippen molar-refractivity contribution in [3.05, 3.63) is 78.1 Å². The molecule has 0 saturated heterocycles. The SMILES string of the molecule is Cc1ccccc1Nc1cc(NC(C)c2ccccc2)ncn1. The Bertz CT molecular complexity index is 771. The molecule has 1 heterocycles. The zero-order valence-electron chi connectivity index (χ0n) is 13.3. The Kier molecular flexibility index (Phi) is 4.52. The highest BCUT2D eigenvalue weighted by atomic mass is 15.1. The van der Waals surface area contributed by atoms with E-state index < -0.39 is 0 Å². The first-order valence-electron chi connectivity index (χ1n) is 7.68. The summed E-state index contributed by atoms with van der Waals surface area (Å²) in [6.07, 6.45) is 1.57. The Hall–Kier alpha value is -2.88. The lowest BCUT2D eigenvalue weighted by Gasteiger charge is -2.15. The van der Waals surface area contributed by atoms with E-state index in [-0.39, 0.29) is 6.04 Å². The van der Waals surface area contributed by atoms with E-state index in [2.05, 4.69) is 52.6 Å². The van der Waals surface area contributed by atoms with Gasteiger partial charge in [-0.3, -0.25) is 0 Å². The summed E-state index contributed by atoms with van der Waals surface area (Å²) >= 11 is 0. The van der Waals surface area contributed by atoms with Crippen LogP contribution in [0.1, 0.15) is 24.1 Å². The summed E-state index contributed by atoms with van der Waals surface area (Å²) in [4.78, 5) is 8.60. The molecular weight excluding hydrogens is 284 g/mol. The third kappa shape index (κ3) is 3.86. The van der Waals surface area contributed by atoms with E-state index in [0.29, 0.717) is 0 Å². The van der Waals surface area contributed by atoms with Crippen LogP contribution in [0.25, 0.3) is 0 Å². The van der Waals surface area contributed by atoms with Gasteiger partial charge in [0.2, 0.25) is 0 Å². The Labute approximate surface area is 136 Å². The van der Waals surface area contributed by atoms with Gasteiger partial charge in [0.1, 0.15) is 18.0 Å². The van der Waals surface area contributed by atoms with Crippen LogP contribution in [0.4, 0.5) is 17.3 Å². The number of benzene rings is 2. The van der Waals surface area contributed by atoms with E-state index in [0.717, 1.165) is 17.3 Å². The Morgan fingerprint density at radius 3 is 2.35 bits per heavy atom. The van der Waals surface area contributed by atoms with Crippen LogP contribution in [0.3, 0.4) is 0 Å². The second-order valence-electron chi connectivity index (χ2n) is 5.51. The lowest BCUT2D eigenvalue weighted by atomic mass is 10.1. The quantitative estimate of drug-likeness (QED) is 0.717. The smallest absolute Gasteiger partial charge is 0.135 e. The topological polar surface area (TPSA) is 49.8 Å². The van der Waals surface area contributed by atoms with Gasteiger partial charge in [-0.05, 0) is 31.0 Å². The van der Waals surface area contributed by atoms with Crippen LogP contribution in [0.2, 0.25) is 0 Å². The monoisotopic (exact) mass is 304 g/mol. The molecule has 4 heteroatoms. The van der Waals surface area contributed by atoms with Gasteiger partial charge < -0.3 is 10.6 Å². The number of para-hydroxylation sites is 1. The van der Waals surface area contributed by atoms with Gasteiger partial charge in [-0.15, -0.1) is 0 Å². The van der Waals surface area contributed by atoms with Crippen molar-refractivity contribution < 1.29 is 0 Å². The van der Waals surface area contributed by atoms with Gasteiger partial charge in [0, 0.05) is 17.8 Å². The van der Waals surface area contributed by atoms with Crippen molar-refractivity contribution in [2.45, 2.75) is 19.9 Å². The molecule has 0 fully saturated rings. The molecule has 3 aromatic rings. The number of hydrogen-bond donors (Lipinski definition) is 2. The second-order valence-corrected chi connectivity index (χ2v) is 5.51. The Morgan fingerprint density at radius 2 is 1.57 bits per heavy atom. The van der Waals surface area contributed by atoms with E-state index in [1.165, 1.54) is 11.1 Å². The summed E-state index contributed by atoms with van der Waals surface area (Å²) in [5, 5.41) is 6.74. The number of anilines is 3. The van der Waals surface area contributed by atoms with Gasteiger partial charge in [0.05, 0.1) is 0 Å². The Morgan fingerprint density at radius 1 is 0.870 bits per heavy atom. The lowest BCUT2D eigenvalue weighted by molar-refractivity contribution is 0.872. The first-order valence-corrected chi connectivity index (χ1v) is 7.68. The summed E-state index contributed by atoms with van der Waals surface area (Å²) in [6.45, 7) is 4.19. The minimum atomic E-state index is 0.178. The van der Waals surface area contributed by atoms with Crippen LogP contribution in [0.5, 0.6) is 0 Å². The highest BCUT2D eigenvalue weighted by Gasteiger charge is 2.07. The molecule has 1 atom stereocenters. The van der Waals surface area contributed by atoms with E-state index in [1.54, 1.807) is 6.33 Å². The number of aryl methyl sites for hydroxylation is 1. The largest absolute Gasteiger partial charge is 0.363 e. The summed E-state index contributed by atoms with van der Waals surface area (Å²) in [5.74, 6) is 1.57. The first-order chi connectivity index (χ1) is 11.2. The van der Waals surface area contributed by atoms with Crippen LogP contribution in [-0.4, -0.2) is 9.97 Å². The molecule has 0 spiro atoms. The zero-order chi connectivity index (χ0) is 16.1. The molecule has 0 aliphatic heterocycles. The highest BCUT2D eigenvalue weighted by molar-refractivity contribution is 5.62. The third-order valence-corrected chi connectivity index (χ3v) is 3.74. The normalized spacial score (nSPS) is 11.7. The van der Waals surface area contributed by atoms with Crippen molar-refractivity contribution in [1.29, 1.82) is 0 Å². The van der Waals surface area contributed by atoms with Crippen molar-refractivity contribution in [1.82, 2.24) is 9.97 Å². The summed E-state index contributed by atoms with van der Waals surface area (Å²) in [6, 6.07) is 20.5. The molecule has 2 aromatic carbocycles. The van der Waals surface area contributed by atoms with Crippen LogP contribution >= 0.6 is 0 Å². The predicted octanol–water partition coefficient (Wildman–Crippen LogP) is 4.70. The van der Waals surface area contributed by atoms with E-state index in [9.17, 15) is 0 Å². The zero-order valence-corrected chi connectivity index (χ0v) is 13.3. The molecule has 4 nitrogen and oxygen atoms in total. The molecule has 0 bridgehead atoms. The van der Waals surface area contributed by atoms with Gasteiger partial charge >= 0.3 is 0 Å². The molecule has 1 unspecified atom stereocenters. The maximum Gasteiger partial charge on any atom is 0.135 e. The number of nitrogens with one attached hydrogen (secondary N) is 2. The molecule has 0 aliphatic carbocycles. The fourth-order valence-corrected chi connectivity index (χ4v) is 2.40. The predicted molar refractivity (Wildman–Crippen MR) is 95.0 cm³/mol. The van der Waals surface area contributed by atoms with Crippen molar-refractivity contribution in [2.75, 3.05) is 10.6 Å². The average molecular weight is 304 g/mol. The minimum absolute atomic E-state index is 0.178. The van der Waals surface area contributed by atoms with Crippen LogP contribution in [0.15, 0.2) is 67.0 Å². The van der Waals surface area contributed by atoms with Crippen molar-refractivity contribution in [3.63, 3.8) is 0 Å². The number of nitrogens with zero attached hydrogens (tertiary/aromatic N) is 2. The maximum absolute atomic E-state index is 4.31. The van der Waals surface area contributed by atoms with Crippen LogP contribution in [-0.2, 0) is 0 Å². The fourth-order valence-electron chi connectivity index (χ4n) is 2.40.